The highest BCUT2D eigenvalue weighted by Crippen LogP contribution is 2.16. The van der Waals surface area contributed by atoms with Crippen molar-refractivity contribution in [3.8, 4) is 0 Å². The Hall–Kier alpha value is -1.88. The second-order valence-corrected chi connectivity index (χ2v) is 4.47. The minimum absolute atomic E-state index is 0.0508. The number of amides is 2. The zero-order valence-electron chi connectivity index (χ0n) is 11.6. The highest BCUT2D eigenvalue weighted by Gasteiger charge is 2.18. The second-order valence-electron chi connectivity index (χ2n) is 4.47. The fourth-order valence-corrected chi connectivity index (χ4v) is 1.78. The lowest BCUT2D eigenvalue weighted by atomic mass is 10.2. The molecule has 0 unspecified atom stereocenters. The molecule has 0 saturated carbocycles. The molecule has 0 aliphatic rings. The number of benzene rings is 1. The Kier molecular flexibility index (Phi) is 6.02. The van der Waals surface area contributed by atoms with Crippen molar-refractivity contribution in [1.29, 1.82) is 0 Å². The van der Waals surface area contributed by atoms with Gasteiger partial charge in [-0.25, -0.2) is 0 Å². The van der Waals surface area contributed by atoms with Gasteiger partial charge in [-0.3, -0.25) is 14.9 Å². The second kappa shape index (κ2) is 7.53. The van der Waals surface area contributed by atoms with Gasteiger partial charge < -0.3 is 10.2 Å². The Morgan fingerprint density at radius 3 is 2.32 bits per heavy atom. The van der Waals surface area contributed by atoms with Crippen molar-refractivity contribution in [3.63, 3.8) is 0 Å². The number of anilines is 1. The smallest absolute Gasteiger partial charge is 0.241 e. The number of hydrogen-bond acceptors (Lipinski definition) is 3. The van der Waals surface area contributed by atoms with Crippen molar-refractivity contribution >= 4 is 17.5 Å². The van der Waals surface area contributed by atoms with Gasteiger partial charge >= 0.3 is 0 Å². The average molecular weight is 263 g/mol. The molecule has 0 saturated heterocycles. The van der Waals surface area contributed by atoms with Crippen molar-refractivity contribution in [1.82, 2.24) is 10.6 Å². The molecule has 5 heteroatoms. The summed E-state index contributed by atoms with van der Waals surface area (Å²) < 4.78 is 0. The van der Waals surface area contributed by atoms with E-state index in [9.17, 15) is 9.59 Å². The number of carbonyl (C=O) groups is 2. The van der Waals surface area contributed by atoms with Crippen molar-refractivity contribution in [2.75, 3.05) is 25.0 Å². The van der Waals surface area contributed by atoms with Crippen molar-refractivity contribution in [3.05, 3.63) is 30.3 Å². The molecule has 1 aromatic carbocycles. The topological polar surface area (TPSA) is 61.4 Å². The predicted molar refractivity (Wildman–Crippen MR) is 76.0 cm³/mol. The van der Waals surface area contributed by atoms with Crippen LogP contribution in [0.4, 0.5) is 5.69 Å². The summed E-state index contributed by atoms with van der Waals surface area (Å²) in [6.45, 7) is 4.21. The number of hydrogen-bond donors (Lipinski definition) is 2. The molecule has 1 rings (SSSR count). The summed E-state index contributed by atoms with van der Waals surface area (Å²) in [6.07, 6.45) is 0. The highest BCUT2D eigenvalue weighted by atomic mass is 16.2. The van der Waals surface area contributed by atoms with Crippen LogP contribution in [-0.2, 0) is 9.59 Å². The van der Waals surface area contributed by atoms with Gasteiger partial charge in [-0.1, -0.05) is 18.2 Å². The lowest BCUT2D eigenvalue weighted by molar-refractivity contribution is -0.120. The van der Waals surface area contributed by atoms with Crippen LogP contribution < -0.4 is 15.5 Å². The first kappa shape index (κ1) is 15.2. The Morgan fingerprint density at radius 1 is 1.16 bits per heavy atom. The van der Waals surface area contributed by atoms with E-state index in [-0.39, 0.29) is 30.9 Å². The lowest BCUT2D eigenvalue weighted by Crippen LogP contribution is -2.44. The highest BCUT2D eigenvalue weighted by molar-refractivity contribution is 5.95. The van der Waals surface area contributed by atoms with Crippen molar-refractivity contribution in [2.24, 2.45) is 0 Å². The maximum absolute atomic E-state index is 12.2. The van der Waals surface area contributed by atoms with Gasteiger partial charge in [0, 0.05) is 18.8 Å². The van der Waals surface area contributed by atoms with Gasteiger partial charge in [-0.05, 0) is 26.0 Å². The molecule has 2 N–H and O–H groups in total. The summed E-state index contributed by atoms with van der Waals surface area (Å²) in [6, 6.07) is 9.58. The molecule has 0 bridgehead atoms. The van der Waals surface area contributed by atoms with E-state index in [2.05, 4.69) is 10.6 Å². The van der Waals surface area contributed by atoms with Crippen LogP contribution in [0.2, 0.25) is 0 Å². The van der Waals surface area contributed by atoms with E-state index in [1.54, 1.807) is 11.9 Å². The summed E-state index contributed by atoms with van der Waals surface area (Å²) in [4.78, 5) is 25.0. The van der Waals surface area contributed by atoms with Gasteiger partial charge in [0.2, 0.25) is 11.8 Å². The number of carbonyl (C=O) groups excluding carboxylic acids is 2. The standard InChI is InChI=1S/C14H21N3O2/c1-11(2)17(12-7-5-4-6-8-12)14(19)10-16-9-13(18)15-3/h4-8,11,16H,9-10H2,1-3H3,(H,15,18). The molecule has 0 radical (unpaired) electrons. The van der Waals surface area contributed by atoms with Gasteiger partial charge in [0.05, 0.1) is 13.1 Å². The summed E-state index contributed by atoms with van der Waals surface area (Å²) >= 11 is 0. The summed E-state index contributed by atoms with van der Waals surface area (Å²) in [5.74, 6) is -0.186. The largest absolute Gasteiger partial charge is 0.358 e. The fraction of sp³-hybridized carbons (Fsp3) is 0.429. The van der Waals surface area contributed by atoms with Crippen LogP contribution in [-0.4, -0.2) is 38.0 Å². The number of nitrogens with one attached hydrogen (secondary N) is 2. The number of likely N-dealkylation sites (N-methyl/N-ethyl adjacent to an activating group) is 1. The van der Waals surface area contributed by atoms with Gasteiger partial charge in [0.15, 0.2) is 0 Å². The van der Waals surface area contributed by atoms with Crippen molar-refractivity contribution in [2.45, 2.75) is 19.9 Å². The summed E-state index contributed by atoms with van der Waals surface area (Å²) in [5.41, 5.74) is 0.865. The first-order valence-electron chi connectivity index (χ1n) is 6.34. The van der Waals surface area contributed by atoms with Gasteiger partial charge in [-0.15, -0.1) is 0 Å². The van der Waals surface area contributed by atoms with E-state index in [4.69, 9.17) is 0 Å². The van der Waals surface area contributed by atoms with E-state index in [0.717, 1.165) is 5.69 Å². The van der Waals surface area contributed by atoms with E-state index in [0.29, 0.717) is 0 Å². The van der Waals surface area contributed by atoms with E-state index < -0.39 is 0 Å². The normalized spacial score (nSPS) is 10.3. The maximum Gasteiger partial charge on any atom is 0.241 e. The van der Waals surface area contributed by atoms with E-state index >= 15 is 0 Å². The molecule has 0 aliphatic carbocycles. The van der Waals surface area contributed by atoms with Crippen LogP contribution >= 0.6 is 0 Å². The molecule has 0 heterocycles. The van der Waals surface area contributed by atoms with Crippen LogP contribution in [0.15, 0.2) is 30.3 Å². The third kappa shape index (κ3) is 4.71. The third-order valence-corrected chi connectivity index (χ3v) is 2.66. The minimum atomic E-state index is -0.136. The maximum atomic E-state index is 12.2. The molecular weight excluding hydrogens is 242 g/mol. The fourth-order valence-electron chi connectivity index (χ4n) is 1.78. The van der Waals surface area contributed by atoms with Gasteiger partial charge in [-0.2, -0.15) is 0 Å². The van der Waals surface area contributed by atoms with Gasteiger partial charge in [0.1, 0.15) is 0 Å². The third-order valence-electron chi connectivity index (χ3n) is 2.66. The Labute approximate surface area is 114 Å². The number of para-hydroxylation sites is 1. The van der Waals surface area contributed by atoms with Crippen LogP contribution in [0.25, 0.3) is 0 Å². The SMILES string of the molecule is CNC(=O)CNCC(=O)N(c1ccccc1)C(C)C. The minimum Gasteiger partial charge on any atom is -0.358 e. The Bertz CT molecular complexity index is 418. The molecule has 0 aliphatic heterocycles. The molecule has 19 heavy (non-hydrogen) atoms. The first-order valence-corrected chi connectivity index (χ1v) is 6.34. The zero-order chi connectivity index (χ0) is 14.3. The summed E-state index contributed by atoms with van der Waals surface area (Å²) in [7, 11) is 1.57. The van der Waals surface area contributed by atoms with Gasteiger partial charge in [0.25, 0.3) is 0 Å². The molecule has 2 amide bonds. The van der Waals surface area contributed by atoms with Crippen LogP contribution in [0, 0.1) is 0 Å². The summed E-state index contributed by atoms with van der Waals surface area (Å²) in [5, 5.41) is 5.33. The van der Waals surface area contributed by atoms with Crippen LogP contribution in [0.5, 0.6) is 0 Å². The average Bonchev–Trinajstić information content (AvgIpc) is 2.39. The molecule has 0 spiro atoms. The van der Waals surface area contributed by atoms with Crippen LogP contribution in [0.3, 0.4) is 0 Å². The lowest BCUT2D eigenvalue weighted by Gasteiger charge is -2.27. The Morgan fingerprint density at radius 2 is 1.79 bits per heavy atom. The zero-order valence-corrected chi connectivity index (χ0v) is 11.6. The van der Waals surface area contributed by atoms with Crippen molar-refractivity contribution < 1.29 is 9.59 Å². The Balaban J connectivity index is 2.62. The molecule has 0 fully saturated rings. The molecule has 0 aromatic heterocycles. The molecule has 0 atom stereocenters. The van der Waals surface area contributed by atoms with E-state index in [1.807, 2.05) is 44.2 Å². The number of rotatable bonds is 6. The van der Waals surface area contributed by atoms with Crippen LogP contribution in [0.1, 0.15) is 13.8 Å². The van der Waals surface area contributed by atoms with E-state index in [1.165, 1.54) is 0 Å². The number of nitrogens with zero attached hydrogens (tertiary/aromatic N) is 1. The molecular formula is C14H21N3O2. The molecule has 5 nitrogen and oxygen atoms in total. The molecule has 1 aromatic rings. The predicted octanol–water partition coefficient (Wildman–Crippen LogP) is 0.764. The molecule has 104 valence electrons. The first-order chi connectivity index (χ1) is 9.06. The monoisotopic (exact) mass is 263 g/mol. The quantitative estimate of drug-likeness (QED) is 0.796.